The van der Waals surface area contributed by atoms with Crippen LogP contribution < -0.4 is 0 Å². The number of aliphatic hydroxyl groups excluding tert-OH is 1. The Balaban J connectivity index is 1.37. The molecule has 0 radical (unpaired) electrons. The maximum Gasteiger partial charge on any atom is 0.157 e. The van der Waals surface area contributed by atoms with Crippen molar-refractivity contribution in [2.45, 2.75) is 103 Å². The first-order valence-electron chi connectivity index (χ1n) is 11.9. The molecule has 1 saturated heterocycles. The Kier molecular flexibility index (Phi) is 4.92. The van der Waals surface area contributed by atoms with Crippen molar-refractivity contribution in [2.24, 2.45) is 34.5 Å². The standard InChI is InChI=1S/C24H38O4/c1-23-10-8-16(25)13-15(23)14-19(26)22-17-6-7-20(24(17,2)11-9-18(22)23)28-21-5-3-4-12-27-21/h15,17-22,26H,3-14H2,1-2H3/t15-,17-,18-,19+,20-,21?,22-,23-,24-/m0/s1. The molecule has 1 N–H and O–H groups in total. The minimum absolute atomic E-state index is 0.0189. The van der Waals surface area contributed by atoms with Crippen LogP contribution in [0, 0.1) is 34.5 Å². The highest BCUT2D eigenvalue weighted by Crippen LogP contribution is 2.66. The zero-order chi connectivity index (χ0) is 19.5. The summed E-state index contributed by atoms with van der Waals surface area (Å²) in [5, 5.41) is 11.2. The summed E-state index contributed by atoms with van der Waals surface area (Å²) in [6.07, 6.45) is 11.4. The second kappa shape index (κ2) is 7.06. The van der Waals surface area contributed by atoms with Gasteiger partial charge in [0.1, 0.15) is 5.78 Å². The number of fused-ring (bicyclic) bond motifs is 5. The molecule has 0 aromatic rings. The lowest BCUT2D eigenvalue weighted by atomic mass is 9.44. The van der Waals surface area contributed by atoms with Crippen LogP contribution in [0.2, 0.25) is 0 Å². The molecule has 1 aliphatic heterocycles. The zero-order valence-corrected chi connectivity index (χ0v) is 17.7. The molecule has 4 heteroatoms. The third-order valence-corrected chi connectivity index (χ3v) is 9.87. The Morgan fingerprint density at radius 2 is 1.86 bits per heavy atom. The highest BCUT2D eigenvalue weighted by atomic mass is 16.7. The number of carbonyl (C=O) groups excluding carboxylic acids is 1. The van der Waals surface area contributed by atoms with Crippen LogP contribution in [0.1, 0.15) is 84.5 Å². The van der Waals surface area contributed by atoms with Crippen LogP contribution in [0.4, 0.5) is 0 Å². The van der Waals surface area contributed by atoms with Crippen LogP contribution in [-0.4, -0.2) is 36.0 Å². The highest BCUT2D eigenvalue weighted by molar-refractivity contribution is 5.79. The van der Waals surface area contributed by atoms with Gasteiger partial charge < -0.3 is 14.6 Å². The van der Waals surface area contributed by atoms with Crippen LogP contribution in [0.5, 0.6) is 0 Å². The van der Waals surface area contributed by atoms with E-state index < -0.39 is 0 Å². The van der Waals surface area contributed by atoms with Gasteiger partial charge in [-0.2, -0.15) is 0 Å². The number of carbonyl (C=O) groups is 1. The Bertz CT molecular complexity index is 614. The maximum absolute atomic E-state index is 12.1. The van der Waals surface area contributed by atoms with Crippen molar-refractivity contribution in [3.63, 3.8) is 0 Å². The van der Waals surface area contributed by atoms with E-state index in [0.717, 1.165) is 45.1 Å². The maximum atomic E-state index is 12.1. The van der Waals surface area contributed by atoms with Crippen molar-refractivity contribution < 1.29 is 19.4 Å². The Labute approximate surface area is 169 Å². The number of Topliss-reactive ketones (excluding diaryl/α,β-unsaturated/α-hetero) is 1. The van der Waals surface area contributed by atoms with Gasteiger partial charge in [-0.15, -0.1) is 0 Å². The largest absolute Gasteiger partial charge is 0.393 e. The smallest absolute Gasteiger partial charge is 0.157 e. The molecular formula is C24H38O4. The van der Waals surface area contributed by atoms with Gasteiger partial charge in [0.15, 0.2) is 6.29 Å². The van der Waals surface area contributed by atoms with Crippen molar-refractivity contribution >= 4 is 5.78 Å². The van der Waals surface area contributed by atoms with E-state index in [1.807, 2.05) is 0 Å². The monoisotopic (exact) mass is 390 g/mol. The molecule has 0 bridgehead atoms. The number of rotatable bonds is 2. The quantitative estimate of drug-likeness (QED) is 0.755. The predicted octanol–water partition coefficient (Wildman–Crippen LogP) is 4.48. The Morgan fingerprint density at radius 1 is 1.04 bits per heavy atom. The lowest BCUT2D eigenvalue weighted by molar-refractivity contribution is -0.224. The van der Waals surface area contributed by atoms with Gasteiger partial charge in [0.25, 0.3) is 0 Å². The topological polar surface area (TPSA) is 55.8 Å². The van der Waals surface area contributed by atoms with Gasteiger partial charge in [-0.1, -0.05) is 13.8 Å². The Hall–Kier alpha value is -0.450. The van der Waals surface area contributed by atoms with Crippen LogP contribution in [0.25, 0.3) is 0 Å². The molecule has 9 atom stereocenters. The van der Waals surface area contributed by atoms with E-state index in [1.54, 1.807) is 0 Å². The summed E-state index contributed by atoms with van der Waals surface area (Å²) in [6.45, 7) is 5.70. The fraction of sp³-hybridized carbons (Fsp3) is 0.958. The summed E-state index contributed by atoms with van der Waals surface area (Å²) in [4.78, 5) is 12.1. The van der Waals surface area contributed by atoms with Gasteiger partial charge in [0.05, 0.1) is 12.2 Å². The first-order valence-corrected chi connectivity index (χ1v) is 11.9. The second-order valence-electron chi connectivity index (χ2n) is 11.1. The highest BCUT2D eigenvalue weighted by Gasteiger charge is 2.63. The number of hydrogen-bond acceptors (Lipinski definition) is 4. The molecule has 4 saturated carbocycles. The molecule has 5 fully saturated rings. The van der Waals surface area contributed by atoms with Crippen molar-refractivity contribution in [2.75, 3.05) is 6.61 Å². The molecular weight excluding hydrogens is 352 g/mol. The summed E-state index contributed by atoms with van der Waals surface area (Å²) in [5.41, 5.74) is 0.404. The summed E-state index contributed by atoms with van der Waals surface area (Å²) in [5.74, 6) is 2.30. The number of ketones is 1. The van der Waals surface area contributed by atoms with Gasteiger partial charge in [0, 0.05) is 19.4 Å². The summed E-state index contributed by atoms with van der Waals surface area (Å²) < 4.78 is 12.4. The molecule has 0 aromatic carbocycles. The van der Waals surface area contributed by atoms with E-state index in [-0.39, 0.29) is 29.3 Å². The molecule has 4 nitrogen and oxygen atoms in total. The lowest BCUT2D eigenvalue weighted by Gasteiger charge is -2.61. The molecule has 0 aromatic heterocycles. The first kappa shape index (κ1) is 19.5. The third-order valence-electron chi connectivity index (χ3n) is 9.87. The molecule has 28 heavy (non-hydrogen) atoms. The summed E-state index contributed by atoms with van der Waals surface area (Å²) in [7, 11) is 0. The Morgan fingerprint density at radius 3 is 2.64 bits per heavy atom. The third kappa shape index (κ3) is 2.93. The molecule has 0 amide bonds. The minimum atomic E-state index is -0.247. The van der Waals surface area contributed by atoms with Gasteiger partial charge in [-0.05, 0) is 92.3 Å². The van der Waals surface area contributed by atoms with E-state index in [0.29, 0.717) is 35.9 Å². The van der Waals surface area contributed by atoms with Gasteiger partial charge in [0.2, 0.25) is 0 Å². The van der Waals surface area contributed by atoms with E-state index in [1.165, 1.54) is 25.7 Å². The van der Waals surface area contributed by atoms with Crippen molar-refractivity contribution in [3.8, 4) is 0 Å². The SMILES string of the molecule is C[C@]12CCC(=O)C[C@H]1C[C@@H](O)[C@@H]1[C@@H]2CC[C@]2(C)[C@@H](OC3CCCCO3)CC[C@@H]12. The molecule has 1 heterocycles. The predicted molar refractivity (Wildman–Crippen MR) is 107 cm³/mol. The van der Waals surface area contributed by atoms with Crippen LogP contribution in [-0.2, 0) is 14.3 Å². The first-order chi connectivity index (χ1) is 13.4. The number of ether oxygens (including phenoxy) is 2. The number of hydrogen-bond donors (Lipinski definition) is 1. The summed E-state index contributed by atoms with van der Waals surface area (Å²) in [6, 6.07) is 0. The molecule has 1 unspecified atom stereocenters. The zero-order valence-electron chi connectivity index (χ0n) is 17.7. The molecule has 5 aliphatic rings. The average Bonchev–Trinajstić information content (AvgIpc) is 3.00. The van der Waals surface area contributed by atoms with E-state index >= 15 is 0 Å². The fourth-order valence-corrected chi connectivity index (χ4v) is 8.19. The number of aliphatic hydroxyl groups is 1. The van der Waals surface area contributed by atoms with Gasteiger partial charge in [-0.25, -0.2) is 0 Å². The van der Waals surface area contributed by atoms with Crippen LogP contribution >= 0.6 is 0 Å². The lowest BCUT2D eigenvalue weighted by Crippen LogP contribution is -2.58. The van der Waals surface area contributed by atoms with Crippen LogP contribution in [0.3, 0.4) is 0 Å². The fourth-order valence-electron chi connectivity index (χ4n) is 8.19. The van der Waals surface area contributed by atoms with Crippen molar-refractivity contribution in [1.82, 2.24) is 0 Å². The molecule has 5 rings (SSSR count). The average molecular weight is 391 g/mol. The van der Waals surface area contributed by atoms with E-state index in [2.05, 4.69) is 13.8 Å². The van der Waals surface area contributed by atoms with E-state index in [4.69, 9.17) is 9.47 Å². The molecule has 4 aliphatic carbocycles. The normalized spacial score (nSPS) is 54.0. The molecule has 158 valence electrons. The van der Waals surface area contributed by atoms with E-state index in [9.17, 15) is 9.90 Å². The van der Waals surface area contributed by atoms with Gasteiger partial charge >= 0.3 is 0 Å². The van der Waals surface area contributed by atoms with Gasteiger partial charge in [-0.3, -0.25) is 4.79 Å². The van der Waals surface area contributed by atoms with Crippen molar-refractivity contribution in [1.29, 1.82) is 0 Å². The minimum Gasteiger partial charge on any atom is -0.393 e. The van der Waals surface area contributed by atoms with Crippen LogP contribution in [0.15, 0.2) is 0 Å². The molecule has 0 spiro atoms. The second-order valence-corrected chi connectivity index (χ2v) is 11.1. The summed E-state index contributed by atoms with van der Waals surface area (Å²) >= 11 is 0. The van der Waals surface area contributed by atoms with Crippen molar-refractivity contribution in [3.05, 3.63) is 0 Å².